The number of anilines is 1. The lowest BCUT2D eigenvalue weighted by atomic mass is 10.0. The highest BCUT2D eigenvalue weighted by molar-refractivity contribution is 7.92. The molecule has 0 saturated carbocycles. The van der Waals surface area contributed by atoms with Gasteiger partial charge in [0.05, 0.1) is 11.9 Å². The molecule has 1 aliphatic heterocycles. The number of nitrogens with zero attached hydrogens (tertiary/aromatic N) is 1. The molecule has 2 aromatic rings. The Labute approximate surface area is 161 Å². The van der Waals surface area contributed by atoms with Crippen molar-refractivity contribution < 1.29 is 36.0 Å². The van der Waals surface area contributed by atoms with Crippen LogP contribution in [0.4, 0.5) is 5.69 Å². The number of aromatic hydroxyl groups is 2. The van der Waals surface area contributed by atoms with E-state index in [9.17, 15) is 31.8 Å². The van der Waals surface area contributed by atoms with Gasteiger partial charge in [-0.15, -0.1) is 0 Å². The van der Waals surface area contributed by atoms with Gasteiger partial charge in [0.2, 0.25) is 0 Å². The number of phenolic OH excluding ortho intramolecular Hbond substituents is 2. The van der Waals surface area contributed by atoms with Crippen molar-refractivity contribution in [2.24, 2.45) is 0 Å². The molecule has 1 saturated heterocycles. The Bertz CT molecular complexity index is 1160. The summed E-state index contributed by atoms with van der Waals surface area (Å²) in [5.74, 6) is -1.70. The van der Waals surface area contributed by atoms with E-state index in [1.54, 1.807) is 10.8 Å². The topological polar surface area (TPSA) is 150 Å². The molecule has 3 rings (SSSR count). The fourth-order valence-corrected chi connectivity index (χ4v) is 4.39. The Kier molecular flexibility index (Phi) is 4.85. The van der Waals surface area contributed by atoms with Gasteiger partial charge in [-0.25, -0.2) is 9.03 Å². The van der Waals surface area contributed by atoms with Crippen LogP contribution in [0.3, 0.4) is 0 Å². The Morgan fingerprint density at radius 1 is 1.18 bits per heavy atom. The number of carbonyl (C=O) groups is 1. The Hall–Kier alpha value is -2.99. The molecule has 0 spiro atoms. The van der Waals surface area contributed by atoms with E-state index >= 15 is 0 Å². The van der Waals surface area contributed by atoms with E-state index < -0.39 is 32.8 Å². The van der Waals surface area contributed by atoms with Crippen LogP contribution in [0.2, 0.25) is 0 Å². The van der Waals surface area contributed by atoms with Gasteiger partial charge in [-0.05, 0) is 23.8 Å². The molecule has 28 heavy (non-hydrogen) atoms. The Morgan fingerprint density at radius 3 is 2.46 bits per heavy atom. The summed E-state index contributed by atoms with van der Waals surface area (Å²) in [6, 6.07) is 8.42. The van der Waals surface area contributed by atoms with E-state index in [0.717, 1.165) is 10.6 Å². The van der Waals surface area contributed by atoms with E-state index in [1.807, 2.05) is 0 Å². The van der Waals surface area contributed by atoms with Crippen molar-refractivity contribution in [3.05, 3.63) is 47.5 Å². The SMILES string of the molecule is CS(=O)(=O)Oc1c(O)cccc1Cc1ccc(N2CC(=O)NS2(=O)=O)c(O)c1. The van der Waals surface area contributed by atoms with Crippen LogP contribution in [0.15, 0.2) is 36.4 Å². The molecule has 1 fully saturated rings. The molecule has 0 aliphatic carbocycles. The molecule has 1 amide bonds. The second-order valence-electron chi connectivity index (χ2n) is 6.09. The van der Waals surface area contributed by atoms with Crippen molar-refractivity contribution in [2.75, 3.05) is 17.1 Å². The quantitative estimate of drug-likeness (QED) is 0.572. The van der Waals surface area contributed by atoms with E-state index in [1.165, 1.54) is 30.3 Å². The van der Waals surface area contributed by atoms with Crippen molar-refractivity contribution >= 4 is 31.9 Å². The third-order valence-electron chi connectivity index (χ3n) is 3.83. The van der Waals surface area contributed by atoms with Crippen molar-refractivity contribution in [1.29, 1.82) is 0 Å². The van der Waals surface area contributed by atoms with Crippen LogP contribution in [-0.2, 0) is 31.5 Å². The molecule has 2 aromatic carbocycles. The lowest BCUT2D eigenvalue weighted by Gasteiger charge is -2.17. The third-order valence-corrected chi connectivity index (χ3v) is 5.69. The maximum absolute atomic E-state index is 11.9. The number of nitrogens with one attached hydrogen (secondary N) is 1. The van der Waals surface area contributed by atoms with Crippen LogP contribution in [-0.4, -0.2) is 45.8 Å². The molecule has 1 heterocycles. The molecule has 0 atom stereocenters. The van der Waals surface area contributed by atoms with E-state index in [0.29, 0.717) is 11.1 Å². The van der Waals surface area contributed by atoms with Gasteiger partial charge in [0.25, 0.3) is 5.91 Å². The lowest BCUT2D eigenvalue weighted by molar-refractivity contribution is -0.117. The Morgan fingerprint density at radius 2 is 1.89 bits per heavy atom. The van der Waals surface area contributed by atoms with Crippen LogP contribution >= 0.6 is 0 Å². The minimum absolute atomic E-state index is 0.0781. The summed E-state index contributed by atoms with van der Waals surface area (Å²) in [6.07, 6.45) is 0.923. The molecular weight excluding hydrogens is 412 g/mol. The van der Waals surface area contributed by atoms with E-state index in [-0.39, 0.29) is 29.4 Å². The van der Waals surface area contributed by atoms with Gasteiger partial charge in [-0.2, -0.15) is 16.8 Å². The van der Waals surface area contributed by atoms with Gasteiger partial charge >= 0.3 is 20.3 Å². The maximum atomic E-state index is 11.9. The summed E-state index contributed by atoms with van der Waals surface area (Å²) in [4.78, 5) is 11.3. The monoisotopic (exact) mass is 428 g/mol. The number of carbonyl (C=O) groups excluding carboxylic acids is 1. The smallest absolute Gasteiger partial charge is 0.326 e. The lowest BCUT2D eigenvalue weighted by Crippen LogP contribution is -2.29. The van der Waals surface area contributed by atoms with Crippen LogP contribution in [0, 0.1) is 0 Å². The van der Waals surface area contributed by atoms with Gasteiger partial charge in [0.1, 0.15) is 12.3 Å². The number of amides is 1. The van der Waals surface area contributed by atoms with Crippen molar-refractivity contribution in [1.82, 2.24) is 4.72 Å². The second kappa shape index (κ2) is 6.87. The molecule has 12 heteroatoms. The first-order chi connectivity index (χ1) is 13.0. The number of para-hydroxylation sites is 1. The van der Waals surface area contributed by atoms with Gasteiger partial charge in [-0.1, -0.05) is 18.2 Å². The molecular formula is C16H16N2O8S2. The molecule has 0 bridgehead atoms. The summed E-state index contributed by atoms with van der Waals surface area (Å²) < 4.78 is 54.0. The zero-order valence-corrected chi connectivity index (χ0v) is 16.1. The van der Waals surface area contributed by atoms with Crippen molar-refractivity contribution in [3.63, 3.8) is 0 Å². The first-order valence-corrected chi connectivity index (χ1v) is 11.1. The highest BCUT2D eigenvalue weighted by Gasteiger charge is 2.35. The number of phenols is 2. The van der Waals surface area contributed by atoms with Gasteiger partial charge < -0.3 is 14.4 Å². The number of benzene rings is 2. The zero-order valence-electron chi connectivity index (χ0n) is 14.5. The Balaban J connectivity index is 1.93. The number of hydrogen-bond acceptors (Lipinski definition) is 8. The van der Waals surface area contributed by atoms with Crippen LogP contribution in [0.25, 0.3) is 0 Å². The minimum atomic E-state index is -4.06. The highest BCUT2D eigenvalue weighted by atomic mass is 32.2. The summed E-state index contributed by atoms with van der Waals surface area (Å²) in [7, 11) is -7.94. The average Bonchev–Trinajstić information content (AvgIpc) is 2.82. The summed E-state index contributed by atoms with van der Waals surface area (Å²) >= 11 is 0. The van der Waals surface area contributed by atoms with E-state index in [4.69, 9.17) is 4.18 Å². The third kappa shape index (κ3) is 4.12. The fraction of sp³-hybridized carbons (Fsp3) is 0.188. The van der Waals surface area contributed by atoms with Gasteiger partial charge in [0, 0.05) is 12.0 Å². The first kappa shape index (κ1) is 19.8. The molecule has 0 unspecified atom stereocenters. The summed E-state index contributed by atoms with van der Waals surface area (Å²) in [6.45, 7) is -0.450. The van der Waals surface area contributed by atoms with Crippen LogP contribution in [0.1, 0.15) is 11.1 Å². The molecule has 0 radical (unpaired) electrons. The van der Waals surface area contributed by atoms with Gasteiger partial charge in [0.15, 0.2) is 11.5 Å². The highest BCUT2D eigenvalue weighted by Crippen LogP contribution is 2.35. The number of rotatable bonds is 5. The normalized spacial score (nSPS) is 16.0. The van der Waals surface area contributed by atoms with Crippen molar-refractivity contribution in [2.45, 2.75) is 6.42 Å². The zero-order chi connectivity index (χ0) is 20.7. The largest absolute Gasteiger partial charge is 0.506 e. The van der Waals surface area contributed by atoms with Crippen molar-refractivity contribution in [3.8, 4) is 17.2 Å². The average molecular weight is 428 g/mol. The predicted octanol–water partition coefficient (Wildman–Crippen LogP) is 0.208. The molecule has 3 N–H and O–H groups in total. The van der Waals surface area contributed by atoms with E-state index in [2.05, 4.69) is 0 Å². The molecule has 10 nitrogen and oxygen atoms in total. The maximum Gasteiger partial charge on any atom is 0.326 e. The van der Waals surface area contributed by atoms with Crippen LogP contribution < -0.4 is 13.2 Å². The molecule has 1 aliphatic rings. The predicted molar refractivity (Wildman–Crippen MR) is 98.9 cm³/mol. The summed E-state index contributed by atoms with van der Waals surface area (Å²) in [5.41, 5.74) is 0.745. The fourth-order valence-electron chi connectivity index (χ4n) is 2.73. The minimum Gasteiger partial charge on any atom is -0.506 e. The molecule has 150 valence electrons. The first-order valence-electron chi connectivity index (χ1n) is 7.82. The van der Waals surface area contributed by atoms with Crippen LogP contribution in [0.5, 0.6) is 17.2 Å². The summed E-state index contributed by atoms with van der Waals surface area (Å²) in [5, 5.41) is 20.1. The molecule has 0 aromatic heterocycles. The standard InChI is InChI=1S/C16H16N2O8S2/c1-27(22,23)26-16-11(3-2-4-13(16)19)7-10-5-6-12(14(20)8-10)18-9-15(21)17-28(18,24)25/h2-6,8,19-20H,7,9H2,1H3,(H,17,21). The second-order valence-corrected chi connectivity index (χ2v) is 9.26. The number of hydrogen-bond donors (Lipinski definition) is 3. The van der Waals surface area contributed by atoms with Gasteiger partial charge in [-0.3, -0.25) is 4.79 Å².